The molecule has 1 amide bonds. The summed E-state index contributed by atoms with van der Waals surface area (Å²) in [6.07, 6.45) is 7.20. The number of aldehydes is 1. The van der Waals surface area contributed by atoms with Crippen LogP contribution in [0.3, 0.4) is 0 Å². The summed E-state index contributed by atoms with van der Waals surface area (Å²) >= 11 is 0. The fourth-order valence-corrected chi connectivity index (χ4v) is 1.18. The fourth-order valence-electron chi connectivity index (χ4n) is 1.18. The Balaban J connectivity index is 3.10. The average molecular weight is 199 g/mol. The van der Waals surface area contributed by atoms with Crippen LogP contribution in [0.1, 0.15) is 51.9 Å². The Hall–Kier alpha value is -0.860. The highest BCUT2D eigenvalue weighted by molar-refractivity contribution is 5.75. The number of carbonyl (C=O) groups excluding carboxylic acids is 2. The number of unbranched alkanes of at least 4 members (excludes halogenated alkanes) is 4. The van der Waals surface area contributed by atoms with Crippen molar-refractivity contribution in [2.45, 2.75) is 51.9 Å². The number of amides is 1. The molecule has 0 radical (unpaired) electrons. The summed E-state index contributed by atoms with van der Waals surface area (Å²) in [7, 11) is 0. The zero-order valence-electron chi connectivity index (χ0n) is 9.05. The van der Waals surface area contributed by atoms with Gasteiger partial charge in [0.25, 0.3) is 0 Å². The second-order valence-electron chi connectivity index (χ2n) is 3.47. The number of carbonyl (C=O) groups is 2. The summed E-state index contributed by atoms with van der Waals surface area (Å²) in [5.74, 6) is 0.155. The summed E-state index contributed by atoms with van der Waals surface area (Å²) in [4.78, 5) is 21.1. The third-order valence-electron chi connectivity index (χ3n) is 2.08. The van der Waals surface area contributed by atoms with Crippen molar-refractivity contribution in [3.63, 3.8) is 0 Å². The van der Waals surface area contributed by atoms with Crippen LogP contribution in [0.4, 0.5) is 0 Å². The van der Waals surface area contributed by atoms with Crippen molar-refractivity contribution in [3.05, 3.63) is 0 Å². The Labute approximate surface area is 86.3 Å². The summed E-state index contributed by atoms with van der Waals surface area (Å²) in [5.41, 5.74) is 0. The van der Waals surface area contributed by atoms with Crippen LogP contribution in [0.2, 0.25) is 0 Å². The number of nitrogens with one attached hydrogen (secondary N) is 1. The standard InChI is InChI=1S/C11H21NO2/c1-2-3-8-11(14)12-9-6-4-5-7-10-13/h10H,2-9H2,1H3,(H,12,14). The Morgan fingerprint density at radius 3 is 2.64 bits per heavy atom. The molecule has 0 aromatic heterocycles. The highest BCUT2D eigenvalue weighted by atomic mass is 16.1. The number of hydrogen-bond donors (Lipinski definition) is 1. The predicted molar refractivity (Wildman–Crippen MR) is 57.1 cm³/mol. The van der Waals surface area contributed by atoms with Gasteiger partial charge in [0.05, 0.1) is 0 Å². The Morgan fingerprint density at radius 1 is 1.21 bits per heavy atom. The molecule has 0 aliphatic heterocycles. The van der Waals surface area contributed by atoms with Crippen molar-refractivity contribution in [1.82, 2.24) is 5.32 Å². The molecule has 0 heterocycles. The number of hydrogen-bond acceptors (Lipinski definition) is 2. The summed E-state index contributed by atoms with van der Waals surface area (Å²) in [6, 6.07) is 0. The maximum Gasteiger partial charge on any atom is 0.219 e. The molecule has 0 aliphatic carbocycles. The largest absolute Gasteiger partial charge is 0.356 e. The van der Waals surface area contributed by atoms with Gasteiger partial charge in [-0.05, 0) is 19.3 Å². The Kier molecular flexibility index (Phi) is 9.59. The average Bonchev–Trinajstić information content (AvgIpc) is 2.20. The summed E-state index contributed by atoms with van der Waals surface area (Å²) in [6.45, 7) is 2.83. The lowest BCUT2D eigenvalue weighted by molar-refractivity contribution is -0.121. The fraction of sp³-hybridized carbons (Fsp3) is 0.818. The van der Waals surface area contributed by atoms with Crippen LogP contribution in [0.15, 0.2) is 0 Å². The van der Waals surface area contributed by atoms with Gasteiger partial charge < -0.3 is 10.1 Å². The maximum absolute atomic E-state index is 11.1. The zero-order valence-corrected chi connectivity index (χ0v) is 9.05. The number of rotatable bonds is 9. The molecule has 3 heteroatoms. The second kappa shape index (κ2) is 10.2. The minimum atomic E-state index is 0.155. The van der Waals surface area contributed by atoms with E-state index in [4.69, 9.17) is 0 Å². The third kappa shape index (κ3) is 9.23. The van der Waals surface area contributed by atoms with Gasteiger partial charge in [0.15, 0.2) is 0 Å². The molecule has 0 aromatic carbocycles. The lowest BCUT2D eigenvalue weighted by Crippen LogP contribution is -2.23. The molecule has 14 heavy (non-hydrogen) atoms. The normalized spacial score (nSPS) is 9.79. The van der Waals surface area contributed by atoms with Gasteiger partial charge in [-0.1, -0.05) is 19.8 Å². The van der Waals surface area contributed by atoms with E-state index >= 15 is 0 Å². The lowest BCUT2D eigenvalue weighted by Gasteiger charge is -2.03. The van der Waals surface area contributed by atoms with E-state index in [1.807, 2.05) is 0 Å². The van der Waals surface area contributed by atoms with E-state index in [2.05, 4.69) is 12.2 Å². The molecule has 0 aliphatic rings. The highest BCUT2D eigenvalue weighted by Crippen LogP contribution is 1.97. The van der Waals surface area contributed by atoms with E-state index in [0.717, 1.165) is 44.9 Å². The summed E-state index contributed by atoms with van der Waals surface area (Å²) < 4.78 is 0. The molecule has 0 rings (SSSR count). The van der Waals surface area contributed by atoms with Crippen molar-refractivity contribution in [2.75, 3.05) is 6.54 Å². The van der Waals surface area contributed by atoms with Crippen LogP contribution in [0, 0.1) is 0 Å². The van der Waals surface area contributed by atoms with E-state index in [1.165, 1.54) is 0 Å². The molecule has 0 unspecified atom stereocenters. The Bertz CT molecular complexity index is 157. The molecular formula is C11H21NO2. The molecule has 0 atom stereocenters. The van der Waals surface area contributed by atoms with Crippen LogP contribution in [-0.2, 0) is 9.59 Å². The topological polar surface area (TPSA) is 46.2 Å². The first-order chi connectivity index (χ1) is 6.81. The Morgan fingerprint density at radius 2 is 2.00 bits per heavy atom. The summed E-state index contributed by atoms with van der Waals surface area (Å²) in [5, 5.41) is 2.87. The molecule has 3 nitrogen and oxygen atoms in total. The quantitative estimate of drug-likeness (QED) is 0.456. The highest BCUT2D eigenvalue weighted by Gasteiger charge is 1.98. The van der Waals surface area contributed by atoms with Crippen LogP contribution < -0.4 is 5.32 Å². The van der Waals surface area contributed by atoms with Gasteiger partial charge in [-0.2, -0.15) is 0 Å². The van der Waals surface area contributed by atoms with Crippen molar-refractivity contribution in [1.29, 1.82) is 0 Å². The maximum atomic E-state index is 11.1. The first kappa shape index (κ1) is 13.1. The van der Waals surface area contributed by atoms with Gasteiger partial charge in [-0.25, -0.2) is 0 Å². The van der Waals surface area contributed by atoms with E-state index in [-0.39, 0.29) is 5.91 Å². The molecule has 0 fully saturated rings. The van der Waals surface area contributed by atoms with Crippen LogP contribution in [0.5, 0.6) is 0 Å². The molecule has 0 aromatic rings. The van der Waals surface area contributed by atoms with Crippen molar-refractivity contribution in [2.24, 2.45) is 0 Å². The van der Waals surface area contributed by atoms with E-state index < -0.39 is 0 Å². The molecule has 1 N–H and O–H groups in total. The van der Waals surface area contributed by atoms with Crippen LogP contribution >= 0.6 is 0 Å². The van der Waals surface area contributed by atoms with Crippen molar-refractivity contribution in [3.8, 4) is 0 Å². The molecule has 82 valence electrons. The van der Waals surface area contributed by atoms with E-state index in [1.54, 1.807) is 0 Å². The van der Waals surface area contributed by atoms with Gasteiger partial charge in [0, 0.05) is 19.4 Å². The van der Waals surface area contributed by atoms with Crippen LogP contribution in [-0.4, -0.2) is 18.7 Å². The van der Waals surface area contributed by atoms with Crippen LogP contribution in [0.25, 0.3) is 0 Å². The first-order valence-electron chi connectivity index (χ1n) is 5.51. The van der Waals surface area contributed by atoms with Gasteiger partial charge in [-0.15, -0.1) is 0 Å². The zero-order chi connectivity index (χ0) is 10.6. The van der Waals surface area contributed by atoms with E-state index in [9.17, 15) is 9.59 Å². The minimum absolute atomic E-state index is 0.155. The first-order valence-corrected chi connectivity index (χ1v) is 5.51. The van der Waals surface area contributed by atoms with Gasteiger partial charge in [-0.3, -0.25) is 4.79 Å². The SMILES string of the molecule is CCCCC(=O)NCCCCCC=O. The van der Waals surface area contributed by atoms with Crippen molar-refractivity contribution < 1.29 is 9.59 Å². The van der Waals surface area contributed by atoms with Gasteiger partial charge >= 0.3 is 0 Å². The monoisotopic (exact) mass is 199 g/mol. The van der Waals surface area contributed by atoms with Gasteiger partial charge in [0.1, 0.15) is 6.29 Å². The molecular weight excluding hydrogens is 178 g/mol. The third-order valence-corrected chi connectivity index (χ3v) is 2.08. The second-order valence-corrected chi connectivity index (χ2v) is 3.47. The van der Waals surface area contributed by atoms with Crippen molar-refractivity contribution >= 4 is 12.2 Å². The lowest BCUT2D eigenvalue weighted by atomic mass is 10.2. The molecule has 0 bridgehead atoms. The smallest absolute Gasteiger partial charge is 0.219 e. The minimum Gasteiger partial charge on any atom is -0.356 e. The molecule has 0 saturated heterocycles. The van der Waals surface area contributed by atoms with E-state index in [0.29, 0.717) is 12.8 Å². The molecule has 0 spiro atoms. The molecule has 0 saturated carbocycles. The predicted octanol–water partition coefficient (Wildman–Crippen LogP) is 2.05. The van der Waals surface area contributed by atoms with Gasteiger partial charge in [0.2, 0.25) is 5.91 Å².